The predicted molar refractivity (Wildman–Crippen MR) is 36.7 cm³/mol. The van der Waals surface area contributed by atoms with E-state index in [1.165, 1.54) is 0 Å². The Balaban J connectivity index is 3.39. The van der Waals surface area contributed by atoms with Crippen LogP contribution in [0.3, 0.4) is 0 Å². The van der Waals surface area contributed by atoms with Crippen LogP contribution in [0.15, 0.2) is 22.7 Å². The van der Waals surface area contributed by atoms with Gasteiger partial charge in [0, 0.05) is 10.6 Å². The molecule has 0 amide bonds. The molecule has 9 heavy (non-hydrogen) atoms. The predicted octanol–water partition coefficient (Wildman–Crippen LogP) is 2.31. The minimum Gasteiger partial charge on any atom is -0.257 e. The SMILES string of the molecule is [2H]c1nc(CF)c(Br)c([2H])c1[2H]. The highest BCUT2D eigenvalue weighted by atomic mass is 79.9. The van der Waals surface area contributed by atoms with Gasteiger partial charge in [-0.05, 0) is 28.0 Å². The molecule has 0 bridgehead atoms. The van der Waals surface area contributed by atoms with E-state index in [0.717, 1.165) is 0 Å². The van der Waals surface area contributed by atoms with Gasteiger partial charge < -0.3 is 0 Å². The first-order valence-corrected chi connectivity index (χ1v) is 3.05. The molecule has 0 N–H and O–H groups in total. The number of hydrogen-bond donors (Lipinski definition) is 0. The first-order valence-electron chi connectivity index (χ1n) is 3.76. The van der Waals surface area contributed by atoms with Crippen LogP contribution in [0.2, 0.25) is 0 Å². The van der Waals surface area contributed by atoms with Crippen molar-refractivity contribution < 1.29 is 8.50 Å². The maximum atomic E-state index is 12.2. The Morgan fingerprint density at radius 2 is 2.67 bits per heavy atom. The number of hydrogen-bond acceptors (Lipinski definition) is 1. The molecule has 1 rings (SSSR count). The van der Waals surface area contributed by atoms with Crippen LogP contribution in [-0.2, 0) is 6.67 Å². The van der Waals surface area contributed by atoms with E-state index in [4.69, 9.17) is 4.11 Å². The number of aromatic nitrogens is 1. The molecule has 0 aromatic carbocycles. The standard InChI is InChI=1S/C6H5BrFN/c7-5-2-1-3-9-6(5)4-8/h1-3H,4H2/i1D,2D,3D. The molecule has 0 unspecified atom stereocenters. The van der Waals surface area contributed by atoms with E-state index >= 15 is 0 Å². The molecule has 0 aliphatic rings. The van der Waals surface area contributed by atoms with E-state index in [0.29, 0.717) is 0 Å². The van der Waals surface area contributed by atoms with Gasteiger partial charge in [-0.1, -0.05) is 0 Å². The summed E-state index contributed by atoms with van der Waals surface area (Å²) in [4.78, 5) is 3.49. The Kier molecular flexibility index (Phi) is 1.19. The summed E-state index contributed by atoms with van der Waals surface area (Å²) in [5.74, 6) is 0. The second kappa shape index (κ2) is 2.92. The molecule has 1 aromatic heterocycles. The Morgan fingerprint density at radius 1 is 1.89 bits per heavy atom. The topological polar surface area (TPSA) is 12.9 Å². The van der Waals surface area contributed by atoms with Crippen molar-refractivity contribution >= 4 is 15.9 Å². The number of nitrogens with zero attached hydrogens (tertiary/aromatic N) is 1. The van der Waals surface area contributed by atoms with E-state index in [1.54, 1.807) is 0 Å². The molecule has 0 aliphatic carbocycles. The van der Waals surface area contributed by atoms with Gasteiger partial charge in [0.25, 0.3) is 0 Å². The summed E-state index contributed by atoms with van der Waals surface area (Å²) in [5.41, 5.74) is 0.000926. The zero-order chi connectivity index (χ0) is 9.30. The molecular weight excluding hydrogens is 185 g/mol. The van der Waals surface area contributed by atoms with Crippen molar-refractivity contribution in [3.05, 3.63) is 28.4 Å². The van der Waals surface area contributed by atoms with Crippen molar-refractivity contribution in [3.63, 3.8) is 0 Å². The molecule has 0 radical (unpaired) electrons. The third-order valence-corrected chi connectivity index (χ3v) is 1.45. The summed E-state index contributed by atoms with van der Waals surface area (Å²) in [6.45, 7) is -0.835. The summed E-state index contributed by atoms with van der Waals surface area (Å²) in [6.07, 6.45) is -0.365. The highest BCUT2D eigenvalue weighted by Crippen LogP contribution is 2.13. The Hall–Kier alpha value is -0.440. The minimum absolute atomic E-state index is 0.000926. The first-order chi connectivity index (χ1) is 5.57. The summed E-state index contributed by atoms with van der Waals surface area (Å²) in [5, 5.41) is 0. The zero-order valence-corrected chi connectivity index (χ0v) is 6.00. The fraction of sp³-hybridized carbons (Fsp3) is 0.167. The summed E-state index contributed by atoms with van der Waals surface area (Å²) in [6, 6.07) is -0.485. The molecule has 48 valence electrons. The Morgan fingerprint density at radius 3 is 3.33 bits per heavy atom. The van der Waals surface area contributed by atoms with Gasteiger partial charge in [-0.2, -0.15) is 0 Å². The highest BCUT2D eigenvalue weighted by molar-refractivity contribution is 9.10. The van der Waals surface area contributed by atoms with Crippen LogP contribution >= 0.6 is 15.9 Å². The summed E-state index contributed by atoms with van der Waals surface area (Å²) < 4.78 is 33.8. The van der Waals surface area contributed by atoms with Crippen molar-refractivity contribution in [2.45, 2.75) is 6.67 Å². The number of pyridine rings is 1. The van der Waals surface area contributed by atoms with E-state index in [2.05, 4.69) is 20.9 Å². The molecule has 1 heterocycles. The van der Waals surface area contributed by atoms with Crippen molar-refractivity contribution in [2.75, 3.05) is 0 Å². The van der Waals surface area contributed by atoms with Crippen LogP contribution in [0.1, 0.15) is 9.81 Å². The third-order valence-electron chi connectivity index (χ3n) is 0.799. The van der Waals surface area contributed by atoms with Gasteiger partial charge in [0.05, 0.1) is 9.81 Å². The van der Waals surface area contributed by atoms with Crippen molar-refractivity contribution in [1.82, 2.24) is 4.98 Å². The average Bonchev–Trinajstić information content (AvgIpc) is 2.08. The smallest absolute Gasteiger partial charge is 0.133 e. The van der Waals surface area contributed by atoms with E-state index in [9.17, 15) is 4.39 Å². The monoisotopic (exact) mass is 192 g/mol. The van der Waals surface area contributed by atoms with Gasteiger partial charge in [-0.3, -0.25) is 4.98 Å². The molecule has 0 saturated heterocycles. The van der Waals surface area contributed by atoms with Crippen molar-refractivity contribution in [1.29, 1.82) is 0 Å². The maximum Gasteiger partial charge on any atom is 0.133 e. The zero-order valence-electron chi connectivity index (χ0n) is 7.41. The van der Waals surface area contributed by atoms with E-state index in [-0.39, 0.29) is 28.4 Å². The molecule has 0 fully saturated rings. The van der Waals surface area contributed by atoms with Gasteiger partial charge in [0.1, 0.15) is 6.67 Å². The van der Waals surface area contributed by atoms with Gasteiger partial charge in [0.2, 0.25) is 0 Å². The summed E-state index contributed by atoms with van der Waals surface area (Å²) in [7, 11) is 0. The fourth-order valence-corrected chi connectivity index (χ4v) is 0.682. The molecular formula is C6H5BrFN. The number of rotatable bonds is 1. The Bertz CT molecular complexity index is 318. The van der Waals surface area contributed by atoms with Crippen LogP contribution in [0.25, 0.3) is 0 Å². The molecule has 0 spiro atoms. The average molecular weight is 193 g/mol. The largest absolute Gasteiger partial charge is 0.257 e. The van der Waals surface area contributed by atoms with Gasteiger partial charge >= 0.3 is 0 Å². The van der Waals surface area contributed by atoms with Crippen LogP contribution < -0.4 is 0 Å². The second-order valence-corrected chi connectivity index (χ2v) is 2.16. The van der Waals surface area contributed by atoms with Crippen LogP contribution in [0.5, 0.6) is 0 Å². The molecule has 1 nitrogen and oxygen atoms in total. The molecule has 0 saturated carbocycles. The van der Waals surface area contributed by atoms with Gasteiger partial charge in [-0.15, -0.1) is 0 Å². The van der Waals surface area contributed by atoms with Gasteiger partial charge in [-0.25, -0.2) is 4.39 Å². The lowest BCUT2D eigenvalue weighted by Gasteiger charge is -1.93. The molecule has 1 aromatic rings. The number of alkyl halides is 1. The van der Waals surface area contributed by atoms with Crippen LogP contribution in [-0.4, -0.2) is 4.98 Å². The van der Waals surface area contributed by atoms with Gasteiger partial charge in [0.15, 0.2) is 0 Å². The van der Waals surface area contributed by atoms with Crippen LogP contribution in [0.4, 0.5) is 4.39 Å². The fourth-order valence-electron chi connectivity index (χ4n) is 0.388. The quantitative estimate of drug-likeness (QED) is 0.666. The minimum atomic E-state index is -0.835. The lowest BCUT2D eigenvalue weighted by Crippen LogP contribution is -1.84. The second-order valence-electron chi connectivity index (χ2n) is 1.37. The van der Waals surface area contributed by atoms with Crippen LogP contribution in [0, 0.1) is 0 Å². The normalized spacial score (nSPS) is 14.2. The lowest BCUT2D eigenvalue weighted by atomic mass is 10.4. The maximum absolute atomic E-state index is 12.2. The highest BCUT2D eigenvalue weighted by Gasteiger charge is 1.95. The first kappa shape index (κ1) is 3.66. The van der Waals surface area contributed by atoms with E-state index < -0.39 is 6.67 Å². The van der Waals surface area contributed by atoms with Crippen molar-refractivity contribution in [2.24, 2.45) is 0 Å². The lowest BCUT2D eigenvalue weighted by molar-refractivity contribution is 0.474. The molecule has 0 aliphatic heterocycles. The molecule has 3 heteroatoms. The molecule has 0 atom stereocenters. The van der Waals surface area contributed by atoms with E-state index in [1.807, 2.05) is 0 Å². The summed E-state index contributed by atoms with van der Waals surface area (Å²) >= 11 is 2.93. The Labute approximate surface area is 65.3 Å². The van der Waals surface area contributed by atoms with Crippen molar-refractivity contribution in [3.8, 4) is 0 Å². The number of halogens is 2. The third kappa shape index (κ3) is 1.48.